The molecule has 0 aliphatic carbocycles. The highest BCUT2D eigenvalue weighted by Crippen LogP contribution is 2.00. The molecule has 1 atom stereocenters. The number of rotatable bonds is 7. The van der Waals surface area contributed by atoms with Gasteiger partial charge in [0.15, 0.2) is 0 Å². The monoisotopic (exact) mass is 252 g/mol. The van der Waals surface area contributed by atoms with Crippen LogP contribution < -0.4 is 5.32 Å². The van der Waals surface area contributed by atoms with Crippen molar-refractivity contribution in [3.8, 4) is 0 Å². The maximum absolute atomic E-state index is 12.0. The van der Waals surface area contributed by atoms with Gasteiger partial charge in [-0.1, -0.05) is 0 Å². The Morgan fingerprint density at radius 1 is 1.44 bits per heavy atom. The van der Waals surface area contributed by atoms with Gasteiger partial charge in [-0.05, 0) is 27.7 Å². The minimum absolute atomic E-state index is 0.155. The summed E-state index contributed by atoms with van der Waals surface area (Å²) < 4.78 is 1.88. The summed E-state index contributed by atoms with van der Waals surface area (Å²) in [4.78, 5) is 13.9. The first kappa shape index (κ1) is 14.7. The molecule has 0 saturated heterocycles. The maximum Gasteiger partial charge on any atom is 0.239 e. The standard InChI is InChI=1S/C13H24N4O/c1-5-16(6-2)13(18)11(4)14-8-12-9-15-17(7-3)10-12/h9-11,14H,5-8H2,1-4H3. The van der Waals surface area contributed by atoms with Gasteiger partial charge in [-0.2, -0.15) is 5.10 Å². The lowest BCUT2D eigenvalue weighted by Gasteiger charge is -2.23. The van der Waals surface area contributed by atoms with Crippen LogP contribution in [0.4, 0.5) is 0 Å². The van der Waals surface area contributed by atoms with Crippen molar-refractivity contribution in [1.29, 1.82) is 0 Å². The molecule has 1 aromatic heterocycles. The van der Waals surface area contributed by atoms with Gasteiger partial charge in [0.2, 0.25) is 5.91 Å². The fourth-order valence-electron chi connectivity index (χ4n) is 1.84. The van der Waals surface area contributed by atoms with Crippen LogP contribution in [0.15, 0.2) is 12.4 Å². The van der Waals surface area contributed by atoms with E-state index < -0.39 is 0 Å². The van der Waals surface area contributed by atoms with E-state index in [-0.39, 0.29) is 11.9 Å². The molecule has 1 N–H and O–H groups in total. The Labute approximate surface area is 109 Å². The first-order valence-electron chi connectivity index (χ1n) is 6.65. The van der Waals surface area contributed by atoms with Gasteiger partial charge < -0.3 is 10.2 Å². The number of carbonyl (C=O) groups excluding carboxylic acids is 1. The molecule has 5 nitrogen and oxygen atoms in total. The van der Waals surface area contributed by atoms with E-state index in [1.807, 2.05) is 42.7 Å². The Kier molecular flexibility index (Phi) is 5.85. The summed E-state index contributed by atoms with van der Waals surface area (Å²) in [5.41, 5.74) is 1.11. The molecule has 0 fully saturated rings. The summed E-state index contributed by atoms with van der Waals surface area (Å²) in [7, 11) is 0. The second kappa shape index (κ2) is 7.16. The highest BCUT2D eigenvalue weighted by atomic mass is 16.2. The largest absolute Gasteiger partial charge is 0.342 e. The van der Waals surface area contributed by atoms with E-state index >= 15 is 0 Å². The lowest BCUT2D eigenvalue weighted by molar-refractivity contribution is -0.132. The van der Waals surface area contributed by atoms with Gasteiger partial charge in [0, 0.05) is 37.9 Å². The van der Waals surface area contributed by atoms with E-state index in [0.29, 0.717) is 6.54 Å². The number of carbonyl (C=O) groups is 1. The molecule has 0 aliphatic heterocycles. The van der Waals surface area contributed by atoms with Gasteiger partial charge in [0.25, 0.3) is 0 Å². The zero-order valence-electron chi connectivity index (χ0n) is 11.8. The molecule has 18 heavy (non-hydrogen) atoms. The summed E-state index contributed by atoms with van der Waals surface area (Å²) in [6.45, 7) is 11.0. The van der Waals surface area contributed by atoms with Crippen LogP contribution in [0.5, 0.6) is 0 Å². The molecule has 102 valence electrons. The molecule has 0 aliphatic rings. The van der Waals surface area contributed by atoms with Crippen LogP contribution in [0.2, 0.25) is 0 Å². The first-order chi connectivity index (χ1) is 8.62. The number of hydrogen-bond acceptors (Lipinski definition) is 3. The van der Waals surface area contributed by atoms with Gasteiger partial charge in [-0.3, -0.25) is 9.48 Å². The van der Waals surface area contributed by atoms with Crippen LogP contribution in [-0.4, -0.2) is 39.7 Å². The van der Waals surface area contributed by atoms with Crippen molar-refractivity contribution in [3.05, 3.63) is 18.0 Å². The highest BCUT2D eigenvalue weighted by Gasteiger charge is 2.17. The van der Waals surface area contributed by atoms with Crippen LogP contribution in [0.25, 0.3) is 0 Å². The van der Waals surface area contributed by atoms with Crippen LogP contribution >= 0.6 is 0 Å². The third-order valence-corrected chi connectivity index (χ3v) is 3.07. The first-order valence-corrected chi connectivity index (χ1v) is 6.65. The summed E-state index contributed by atoms with van der Waals surface area (Å²) in [6, 6.07) is -0.158. The molecular formula is C13H24N4O. The maximum atomic E-state index is 12.0. The number of aromatic nitrogens is 2. The Morgan fingerprint density at radius 3 is 2.61 bits per heavy atom. The summed E-state index contributed by atoms with van der Waals surface area (Å²) in [5, 5.41) is 7.45. The molecule has 0 bridgehead atoms. The van der Waals surface area contributed by atoms with Crippen molar-refractivity contribution < 1.29 is 4.79 Å². The molecule has 0 radical (unpaired) electrons. The van der Waals surface area contributed by atoms with Gasteiger partial charge in [-0.15, -0.1) is 0 Å². The van der Waals surface area contributed by atoms with E-state index in [1.165, 1.54) is 0 Å². The zero-order valence-corrected chi connectivity index (χ0v) is 11.8. The van der Waals surface area contributed by atoms with E-state index in [4.69, 9.17) is 0 Å². The Hall–Kier alpha value is -1.36. The Balaban J connectivity index is 2.45. The summed E-state index contributed by atoms with van der Waals surface area (Å²) >= 11 is 0. The summed E-state index contributed by atoms with van der Waals surface area (Å²) in [6.07, 6.45) is 3.84. The van der Waals surface area contributed by atoms with E-state index in [9.17, 15) is 4.79 Å². The van der Waals surface area contributed by atoms with Crippen LogP contribution in [0.1, 0.15) is 33.3 Å². The number of aryl methyl sites for hydroxylation is 1. The molecule has 1 unspecified atom stereocenters. The Morgan fingerprint density at radius 2 is 2.11 bits per heavy atom. The van der Waals surface area contributed by atoms with Crippen molar-refractivity contribution in [2.24, 2.45) is 0 Å². The molecule has 1 heterocycles. The van der Waals surface area contributed by atoms with Gasteiger partial charge in [0.1, 0.15) is 0 Å². The van der Waals surface area contributed by atoms with Crippen LogP contribution in [0.3, 0.4) is 0 Å². The van der Waals surface area contributed by atoms with Gasteiger partial charge in [-0.25, -0.2) is 0 Å². The van der Waals surface area contributed by atoms with E-state index in [2.05, 4.69) is 17.3 Å². The molecule has 0 aromatic carbocycles. The minimum Gasteiger partial charge on any atom is -0.342 e. The number of amides is 1. The predicted molar refractivity (Wildman–Crippen MR) is 72.1 cm³/mol. The normalized spacial score (nSPS) is 12.4. The molecule has 1 rings (SSSR count). The van der Waals surface area contributed by atoms with Crippen molar-refractivity contribution in [1.82, 2.24) is 20.0 Å². The molecule has 0 saturated carbocycles. The van der Waals surface area contributed by atoms with Crippen LogP contribution in [0, 0.1) is 0 Å². The molecule has 1 amide bonds. The number of likely N-dealkylation sites (N-methyl/N-ethyl adjacent to an activating group) is 1. The quantitative estimate of drug-likeness (QED) is 0.794. The number of hydrogen-bond donors (Lipinski definition) is 1. The second-order valence-electron chi connectivity index (χ2n) is 4.32. The number of nitrogens with zero attached hydrogens (tertiary/aromatic N) is 3. The van der Waals surface area contributed by atoms with Crippen molar-refractivity contribution in [2.75, 3.05) is 13.1 Å². The van der Waals surface area contributed by atoms with Gasteiger partial charge >= 0.3 is 0 Å². The van der Waals surface area contributed by atoms with E-state index in [0.717, 1.165) is 25.2 Å². The fourth-order valence-corrected chi connectivity index (χ4v) is 1.84. The SMILES string of the molecule is CCN(CC)C(=O)C(C)NCc1cnn(CC)c1. The summed E-state index contributed by atoms with van der Waals surface area (Å²) in [5.74, 6) is 0.155. The lowest BCUT2D eigenvalue weighted by Crippen LogP contribution is -2.44. The third-order valence-electron chi connectivity index (χ3n) is 3.07. The minimum atomic E-state index is -0.158. The molecular weight excluding hydrogens is 228 g/mol. The lowest BCUT2D eigenvalue weighted by atomic mass is 10.2. The fraction of sp³-hybridized carbons (Fsp3) is 0.692. The van der Waals surface area contributed by atoms with Crippen molar-refractivity contribution >= 4 is 5.91 Å². The molecule has 0 spiro atoms. The average Bonchev–Trinajstić information content (AvgIpc) is 2.85. The smallest absolute Gasteiger partial charge is 0.239 e. The van der Waals surface area contributed by atoms with Gasteiger partial charge in [0.05, 0.1) is 12.2 Å². The highest BCUT2D eigenvalue weighted by molar-refractivity contribution is 5.81. The Bertz CT molecular complexity index is 371. The van der Waals surface area contributed by atoms with E-state index in [1.54, 1.807) is 0 Å². The zero-order chi connectivity index (χ0) is 13.5. The molecule has 1 aromatic rings. The third kappa shape index (κ3) is 3.84. The van der Waals surface area contributed by atoms with Crippen molar-refractivity contribution in [3.63, 3.8) is 0 Å². The predicted octanol–water partition coefficient (Wildman–Crippen LogP) is 1.25. The van der Waals surface area contributed by atoms with Crippen LogP contribution in [-0.2, 0) is 17.9 Å². The topological polar surface area (TPSA) is 50.2 Å². The molecule has 5 heteroatoms. The average molecular weight is 252 g/mol. The number of nitrogens with one attached hydrogen (secondary N) is 1. The van der Waals surface area contributed by atoms with Crippen molar-refractivity contribution in [2.45, 2.75) is 46.8 Å². The second-order valence-corrected chi connectivity index (χ2v) is 4.32.